The minimum Gasteiger partial charge on any atom is -0.493 e. The van der Waals surface area contributed by atoms with Gasteiger partial charge in [-0.05, 0) is 56.7 Å². The molecule has 0 unspecified atom stereocenters. The molecule has 0 radical (unpaired) electrons. The van der Waals surface area contributed by atoms with E-state index in [2.05, 4.69) is 16.3 Å². The molecule has 6 nitrogen and oxygen atoms in total. The summed E-state index contributed by atoms with van der Waals surface area (Å²) in [6, 6.07) is 4.45. The smallest absolute Gasteiger partial charge is 0.162 e. The Kier molecular flexibility index (Phi) is 6.40. The molecule has 2 heterocycles. The van der Waals surface area contributed by atoms with Crippen LogP contribution in [0.5, 0.6) is 11.5 Å². The van der Waals surface area contributed by atoms with Crippen LogP contribution in [-0.4, -0.2) is 61.5 Å². The van der Waals surface area contributed by atoms with Gasteiger partial charge >= 0.3 is 0 Å². The summed E-state index contributed by atoms with van der Waals surface area (Å²) in [5, 5.41) is 14.3. The monoisotopic (exact) mass is 399 g/mol. The third-order valence-electron chi connectivity index (χ3n) is 6.29. The van der Waals surface area contributed by atoms with Gasteiger partial charge in [0.2, 0.25) is 0 Å². The Morgan fingerprint density at radius 1 is 1.10 bits per heavy atom. The zero-order valence-electron chi connectivity index (χ0n) is 17.7. The first-order valence-corrected chi connectivity index (χ1v) is 10.9. The van der Waals surface area contributed by atoms with Crippen LogP contribution in [-0.2, 0) is 12.8 Å². The number of pyridine rings is 1. The number of likely N-dealkylation sites (tertiary alicyclic amines) is 1. The number of ether oxygens (including phenoxy) is 2. The maximum atomic E-state index is 9.34. The Morgan fingerprint density at radius 2 is 1.90 bits per heavy atom. The maximum Gasteiger partial charge on any atom is 0.162 e. The number of benzene rings is 1. The summed E-state index contributed by atoms with van der Waals surface area (Å²) in [4.78, 5) is 7.39. The number of hydrogen-bond acceptors (Lipinski definition) is 6. The molecule has 29 heavy (non-hydrogen) atoms. The van der Waals surface area contributed by atoms with E-state index in [0.29, 0.717) is 6.04 Å². The molecule has 1 aromatic heterocycles. The van der Waals surface area contributed by atoms with Crippen LogP contribution >= 0.6 is 0 Å². The first-order valence-electron chi connectivity index (χ1n) is 10.9. The van der Waals surface area contributed by atoms with E-state index in [-0.39, 0.29) is 6.61 Å². The number of fused-ring (bicyclic) bond motifs is 2. The second-order valence-electron chi connectivity index (χ2n) is 8.20. The molecule has 2 aromatic rings. The topological polar surface area (TPSA) is 66.9 Å². The van der Waals surface area contributed by atoms with Crippen LogP contribution < -0.4 is 14.8 Å². The SMILES string of the molecule is COc1cc2nc3c(c(N[C@@H]4CCCN(CCO)C4)c2cc1OC)CCCCC3. The number of aliphatic hydroxyl groups excluding tert-OH is 1. The molecule has 1 aliphatic carbocycles. The summed E-state index contributed by atoms with van der Waals surface area (Å²) in [5.74, 6) is 1.46. The summed E-state index contributed by atoms with van der Waals surface area (Å²) in [5.41, 5.74) is 4.80. The first kappa shape index (κ1) is 20.2. The minimum absolute atomic E-state index is 0.220. The van der Waals surface area contributed by atoms with Crippen molar-refractivity contribution in [3.63, 3.8) is 0 Å². The Labute approximate surface area is 173 Å². The number of nitrogens with zero attached hydrogens (tertiary/aromatic N) is 2. The number of aromatic nitrogens is 1. The average Bonchev–Trinajstić information content (AvgIpc) is 2.98. The summed E-state index contributed by atoms with van der Waals surface area (Å²) in [6.45, 7) is 3.00. The molecule has 2 N–H and O–H groups in total. The van der Waals surface area contributed by atoms with Crippen molar-refractivity contribution < 1.29 is 14.6 Å². The molecule has 1 atom stereocenters. The van der Waals surface area contributed by atoms with Gasteiger partial charge in [-0.2, -0.15) is 0 Å². The fraction of sp³-hybridized carbons (Fsp3) is 0.609. The first-order chi connectivity index (χ1) is 14.2. The molecule has 1 saturated heterocycles. The van der Waals surface area contributed by atoms with Gasteiger partial charge in [0.1, 0.15) is 0 Å². The van der Waals surface area contributed by atoms with E-state index >= 15 is 0 Å². The number of aliphatic hydroxyl groups is 1. The van der Waals surface area contributed by atoms with Crippen molar-refractivity contribution >= 4 is 16.6 Å². The van der Waals surface area contributed by atoms with E-state index in [9.17, 15) is 5.11 Å². The lowest BCUT2D eigenvalue weighted by Crippen LogP contribution is -2.43. The molecule has 1 aromatic carbocycles. The van der Waals surface area contributed by atoms with Crippen LogP contribution in [0.1, 0.15) is 43.4 Å². The molecule has 4 rings (SSSR count). The van der Waals surface area contributed by atoms with Crippen molar-refractivity contribution in [2.75, 3.05) is 45.8 Å². The van der Waals surface area contributed by atoms with Crippen molar-refractivity contribution in [3.8, 4) is 11.5 Å². The van der Waals surface area contributed by atoms with Crippen LogP contribution in [0, 0.1) is 0 Å². The van der Waals surface area contributed by atoms with Crippen molar-refractivity contribution in [1.82, 2.24) is 9.88 Å². The fourth-order valence-electron chi connectivity index (χ4n) is 4.81. The predicted molar refractivity (Wildman–Crippen MR) is 116 cm³/mol. The zero-order chi connectivity index (χ0) is 20.2. The van der Waals surface area contributed by atoms with Gasteiger partial charge in [-0.15, -0.1) is 0 Å². The molecule has 0 saturated carbocycles. The summed E-state index contributed by atoms with van der Waals surface area (Å²) in [7, 11) is 3.35. The van der Waals surface area contributed by atoms with Gasteiger partial charge in [0.25, 0.3) is 0 Å². The standard InChI is InChI=1S/C23H33N3O3/c1-28-21-13-18-20(14-22(21)29-2)25-19-9-5-3-4-8-17(19)23(18)24-16-7-6-10-26(15-16)11-12-27/h13-14,16,27H,3-12,15H2,1-2H3,(H,24,25)/t16-/m1/s1. The second kappa shape index (κ2) is 9.18. The van der Waals surface area contributed by atoms with Crippen molar-refractivity contribution in [3.05, 3.63) is 23.4 Å². The molecule has 2 aliphatic rings. The molecule has 1 fully saturated rings. The molecule has 0 spiro atoms. The largest absolute Gasteiger partial charge is 0.493 e. The highest BCUT2D eigenvalue weighted by molar-refractivity contribution is 5.96. The quantitative estimate of drug-likeness (QED) is 0.726. The predicted octanol–water partition coefficient (Wildman–Crippen LogP) is 3.39. The van der Waals surface area contributed by atoms with E-state index in [0.717, 1.165) is 67.7 Å². The van der Waals surface area contributed by atoms with Crippen LogP contribution in [0.4, 0.5) is 5.69 Å². The Balaban J connectivity index is 1.77. The number of aryl methyl sites for hydroxylation is 1. The van der Waals surface area contributed by atoms with Gasteiger partial charge < -0.3 is 19.9 Å². The molecule has 6 heteroatoms. The fourth-order valence-corrected chi connectivity index (χ4v) is 4.81. The third-order valence-corrected chi connectivity index (χ3v) is 6.29. The van der Waals surface area contributed by atoms with Gasteiger partial charge in [-0.25, -0.2) is 0 Å². The van der Waals surface area contributed by atoms with E-state index in [1.165, 1.54) is 36.2 Å². The van der Waals surface area contributed by atoms with E-state index in [4.69, 9.17) is 14.5 Å². The van der Waals surface area contributed by atoms with E-state index < -0.39 is 0 Å². The highest BCUT2D eigenvalue weighted by Gasteiger charge is 2.24. The lowest BCUT2D eigenvalue weighted by atomic mass is 9.99. The molecule has 1 aliphatic heterocycles. The minimum atomic E-state index is 0.220. The lowest BCUT2D eigenvalue weighted by Gasteiger charge is -2.34. The molecular formula is C23H33N3O3. The number of piperidine rings is 1. The van der Waals surface area contributed by atoms with Crippen LogP contribution in [0.3, 0.4) is 0 Å². The molecule has 0 amide bonds. The highest BCUT2D eigenvalue weighted by Crippen LogP contribution is 2.39. The molecular weight excluding hydrogens is 366 g/mol. The van der Waals surface area contributed by atoms with Gasteiger partial charge in [-0.1, -0.05) is 6.42 Å². The number of nitrogens with one attached hydrogen (secondary N) is 1. The number of rotatable bonds is 6. The second-order valence-corrected chi connectivity index (χ2v) is 8.20. The van der Waals surface area contributed by atoms with Crippen LogP contribution in [0.2, 0.25) is 0 Å². The average molecular weight is 400 g/mol. The number of hydrogen-bond donors (Lipinski definition) is 2. The maximum absolute atomic E-state index is 9.34. The third kappa shape index (κ3) is 4.28. The van der Waals surface area contributed by atoms with Crippen molar-refractivity contribution in [2.45, 2.75) is 51.0 Å². The summed E-state index contributed by atoms with van der Waals surface area (Å²) in [6.07, 6.45) is 8.08. The van der Waals surface area contributed by atoms with Gasteiger partial charge in [0.05, 0.1) is 26.3 Å². The van der Waals surface area contributed by atoms with Crippen LogP contribution in [0.15, 0.2) is 12.1 Å². The Hall–Kier alpha value is -2.05. The van der Waals surface area contributed by atoms with Gasteiger partial charge in [-0.3, -0.25) is 9.88 Å². The lowest BCUT2D eigenvalue weighted by molar-refractivity contribution is 0.166. The van der Waals surface area contributed by atoms with Crippen molar-refractivity contribution in [1.29, 1.82) is 0 Å². The van der Waals surface area contributed by atoms with Crippen LogP contribution in [0.25, 0.3) is 10.9 Å². The summed E-state index contributed by atoms with van der Waals surface area (Å²) >= 11 is 0. The normalized spacial score (nSPS) is 20.2. The zero-order valence-corrected chi connectivity index (χ0v) is 17.7. The van der Waals surface area contributed by atoms with E-state index in [1.807, 2.05) is 6.07 Å². The highest BCUT2D eigenvalue weighted by atomic mass is 16.5. The molecule has 158 valence electrons. The molecule has 0 bridgehead atoms. The number of β-amino-alcohol motifs (C(OH)–C–C–N with tert-alkyl or cyclic N) is 1. The summed E-state index contributed by atoms with van der Waals surface area (Å²) < 4.78 is 11.1. The number of anilines is 1. The van der Waals surface area contributed by atoms with E-state index in [1.54, 1.807) is 14.2 Å². The number of methoxy groups -OCH3 is 2. The Morgan fingerprint density at radius 3 is 2.69 bits per heavy atom. The van der Waals surface area contributed by atoms with Gasteiger partial charge in [0.15, 0.2) is 11.5 Å². The van der Waals surface area contributed by atoms with Gasteiger partial charge in [0, 0.05) is 42.0 Å². The Bertz CT molecular complexity index is 853. The van der Waals surface area contributed by atoms with Crippen molar-refractivity contribution in [2.24, 2.45) is 0 Å².